The van der Waals surface area contributed by atoms with E-state index < -0.39 is 59.1 Å². The Labute approximate surface area is 223 Å². The first-order valence-corrected chi connectivity index (χ1v) is 15.3. The predicted molar refractivity (Wildman–Crippen MR) is 129 cm³/mol. The van der Waals surface area contributed by atoms with E-state index in [-0.39, 0.29) is 42.3 Å². The Balaban J connectivity index is 1.64. The first kappa shape index (κ1) is 32.1. The highest BCUT2D eigenvalue weighted by Gasteiger charge is 2.43. The number of aliphatic hydroxyl groups excluding tert-OH is 1. The van der Waals surface area contributed by atoms with Crippen molar-refractivity contribution in [2.75, 3.05) is 12.3 Å². The number of phosphoric ester groups is 1. The van der Waals surface area contributed by atoms with Gasteiger partial charge in [0.2, 0.25) is 0 Å². The molecule has 20 nitrogen and oxygen atoms in total. The normalized spacial score (nSPS) is 22.5. The summed E-state index contributed by atoms with van der Waals surface area (Å²) in [5.41, 5.74) is 5.21. The van der Waals surface area contributed by atoms with Crippen molar-refractivity contribution in [3.05, 3.63) is 62.2 Å². The first-order valence-electron chi connectivity index (χ1n) is 10.8. The zero-order valence-corrected chi connectivity index (χ0v) is 22.6. The zero-order valence-electron chi connectivity index (χ0n) is 19.9. The fourth-order valence-electron chi connectivity index (χ4n) is 3.43. The molecule has 0 radical (unpaired) electrons. The summed E-state index contributed by atoms with van der Waals surface area (Å²) in [5, 5.41) is 21.4. The number of nitrogen functional groups attached to an aromatic ring is 1. The number of anilines is 1. The van der Waals surface area contributed by atoms with Crippen LogP contribution in [-0.4, -0.2) is 58.0 Å². The SMILES string of the molecule is Nc1nc(=O)n([C@H]2C[C@H](O)[C@@H](COP(=O)(O)OP(=O)(O)OP(=O)(O)O)O2)cc1COCc1ccccc1[N+](=O)[O-]. The maximum absolute atomic E-state index is 12.4. The van der Waals surface area contributed by atoms with Gasteiger partial charge in [-0.25, -0.2) is 18.5 Å². The van der Waals surface area contributed by atoms with Crippen molar-refractivity contribution in [1.29, 1.82) is 0 Å². The van der Waals surface area contributed by atoms with Gasteiger partial charge >= 0.3 is 29.2 Å². The van der Waals surface area contributed by atoms with Crippen LogP contribution in [-0.2, 0) is 49.5 Å². The molecule has 3 rings (SSSR count). The quantitative estimate of drug-likeness (QED) is 0.0991. The van der Waals surface area contributed by atoms with E-state index in [0.717, 1.165) is 4.57 Å². The molecule has 1 saturated heterocycles. The summed E-state index contributed by atoms with van der Waals surface area (Å²) in [5.74, 6) is -0.202. The molecular weight excluding hydrogens is 609 g/mol. The van der Waals surface area contributed by atoms with E-state index in [9.17, 15) is 43.5 Å². The van der Waals surface area contributed by atoms with Gasteiger partial charge < -0.3 is 39.9 Å². The molecular formula is C17H23N4O16P3. The number of nitrogens with two attached hydrogens (primary N) is 1. The van der Waals surface area contributed by atoms with Crippen molar-refractivity contribution in [1.82, 2.24) is 9.55 Å². The van der Waals surface area contributed by atoms with Crippen LogP contribution >= 0.6 is 23.5 Å². The van der Waals surface area contributed by atoms with Crippen LogP contribution in [0.25, 0.3) is 0 Å². The summed E-state index contributed by atoms with van der Waals surface area (Å²) < 4.78 is 57.6. The molecule has 1 aliphatic rings. The third-order valence-corrected chi connectivity index (χ3v) is 8.90. The maximum atomic E-state index is 12.4. The summed E-state index contributed by atoms with van der Waals surface area (Å²) in [6.07, 6.45) is -3.03. The number of nitro benzene ring substituents is 1. The third kappa shape index (κ3) is 9.05. The number of aromatic nitrogens is 2. The minimum Gasteiger partial charge on any atom is -0.390 e. The van der Waals surface area contributed by atoms with Gasteiger partial charge in [0, 0.05) is 24.2 Å². The monoisotopic (exact) mass is 632 g/mol. The minimum absolute atomic E-state index is 0.158. The van der Waals surface area contributed by atoms with Gasteiger partial charge in [0.25, 0.3) is 5.69 Å². The van der Waals surface area contributed by atoms with Gasteiger partial charge in [-0.3, -0.25) is 19.2 Å². The van der Waals surface area contributed by atoms with Crippen LogP contribution in [0.2, 0.25) is 0 Å². The smallest absolute Gasteiger partial charge is 0.390 e. The van der Waals surface area contributed by atoms with Gasteiger partial charge in [-0.15, -0.1) is 0 Å². The number of hydrogen-bond acceptors (Lipinski definition) is 14. The highest BCUT2D eigenvalue weighted by Crippen LogP contribution is 2.66. The van der Waals surface area contributed by atoms with E-state index in [4.69, 9.17) is 25.0 Å². The van der Waals surface area contributed by atoms with Crippen molar-refractivity contribution >= 4 is 35.0 Å². The lowest BCUT2D eigenvalue weighted by atomic mass is 10.2. The molecule has 5 atom stereocenters. The van der Waals surface area contributed by atoms with Crippen molar-refractivity contribution in [3.63, 3.8) is 0 Å². The Bertz CT molecular complexity index is 1450. The van der Waals surface area contributed by atoms with Crippen molar-refractivity contribution in [2.45, 2.75) is 38.1 Å². The first-order chi connectivity index (χ1) is 18.5. The lowest BCUT2D eigenvalue weighted by Gasteiger charge is -2.19. The van der Waals surface area contributed by atoms with Crippen molar-refractivity contribution in [3.8, 4) is 0 Å². The molecule has 7 N–H and O–H groups in total. The van der Waals surface area contributed by atoms with E-state index in [1.807, 2.05) is 0 Å². The number of aliphatic hydroxyl groups is 1. The van der Waals surface area contributed by atoms with E-state index in [0.29, 0.717) is 0 Å². The zero-order chi connectivity index (χ0) is 29.9. The molecule has 1 aliphatic heterocycles. The Morgan fingerprint density at radius 1 is 1.10 bits per heavy atom. The fraction of sp³-hybridized carbons (Fsp3) is 0.412. The van der Waals surface area contributed by atoms with Gasteiger partial charge in [0.15, 0.2) is 0 Å². The number of ether oxygens (including phenoxy) is 2. The lowest BCUT2D eigenvalue weighted by Crippen LogP contribution is -2.29. The number of hydrogen-bond donors (Lipinski definition) is 6. The molecule has 222 valence electrons. The molecule has 1 fully saturated rings. The second kappa shape index (κ2) is 12.6. The van der Waals surface area contributed by atoms with Crippen LogP contribution in [0, 0.1) is 10.1 Å². The van der Waals surface area contributed by atoms with E-state index in [1.54, 1.807) is 6.07 Å². The van der Waals surface area contributed by atoms with Crippen LogP contribution in [0.3, 0.4) is 0 Å². The van der Waals surface area contributed by atoms with Gasteiger partial charge in [0.05, 0.1) is 36.4 Å². The third-order valence-electron chi connectivity index (χ3n) is 5.10. The molecule has 0 spiro atoms. The standard InChI is InChI=1S/C17H23N4O16P3/c18-16-11(8-33-7-10-3-1-2-4-12(10)21(24)25)6-20(17(23)19-16)15-5-13(22)14(35-15)9-34-39(29,30)37-40(31,32)36-38(26,27)28/h1-4,6,13-15,22H,5,7-9H2,(H,29,30)(H,31,32)(H2,18,19,23)(H2,26,27,28)/t13-,14+,15+/m0/s1. The van der Waals surface area contributed by atoms with Crippen LogP contribution in [0.1, 0.15) is 23.8 Å². The number of benzene rings is 1. The molecule has 23 heteroatoms. The molecule has 0 amide bonds. The number of nitrogens with zero attached hydrogens (tertiary/aromatic N) is 3. The molecule has 0 bridgehead atoms. The van der Waals surface area contributed by atoms with Gasteiger partial charge in [-0.05, 0) is 6.07 Å². The summed E-state index contributed by atoms with van der Waals surface area (Å²) in [4.78, 5) is 62.5. The van der Waals surface area contributed by atoms with Gasteiger partial charge in [0.1, 0.15) is 18.1 Å². The summed E-state index contributed by atoms with van der Waals surface area (Å²) in [7, 11) is -16.8. The summed E-state index contributed by atoms with van der Waals surface area (Å²) in [6, 6.07) is 5.88. The molecule has 1 aromatic carbocycles. The van der Waals surface area contributed by atoms with Crippen molar-refractivity contribution in [2.24, 2.45) is 0 Å². The Kier molecular flexibility index (Phi) is 10.1. The summed E-state index contributed by atoms with van der Waals surface area (Å²) >= 11 is 0. The Hall–Kier alpha value is -2.41. The topological polar surface area (TPSA) is 303 Å². The largest absolute Gasteiger partial charge is 0.490 e. The van der Waals surface area contributed by atoms with E-state index in [2.05, 4.69) is 18.1 Å². The molecule has 0 aliphatic carbocycles. The highest BCUT2D eigenvalue weighted by atomic mass is 31.3. The van der Waals surface area contributed by atoms with Crippen LogP contribution in [0.5, 0.6) is 0 Å². The van der Waals surface area contributed by atoms with Crippen molar-refractivity contribution < 1.29 is 65.9 Å². The highest BCUT2D eigenvalue weighted by molar-refractivity contribution is 7.66. The maximum Gasteiger partial charge on any atom is 0.490 e. The lowest BCUT2D eigenvalue weighted by molar-refractivity contribution is -0.386. The van der Waals surface area contributed by atoms with Crippen LogP contribution < -0.4 is 11.4 Å². The van der Waals surface area contributed by atoms with E-state index in [1.165, 1.54) is 24.4 Å². The minimum atomic E-state index is -5.74. The van der Waals surface area contributed by atoms with Gasteiger partial charge in [-0.2, -0.15) is 13.6 Å². The fourth-order valence-corrected chi connectivity index (χ4v) is 6.46. The van der Waals surface area contributed by atoms with Crippen LogP contribution in [0.4, 0.5) is 11.5 Å². The second-order valence-electron chi connectivity index (χ2n) is 8.04. The van der Waals surface area contributed by atoms with E-state index >= 15 is 0 Å². The number of para-hydroxylation sites is 1. The molecule has 2 aromatic rings. The number of rotatable bonds is 13. The second-order valence-corrected chi connectivity index (χ2v) is 12.5. The number of phosphoric acid groups is 3. The molecule has 0 saturated carbocycles. The summed E-state index contributed by atoms with van der Waals surface area (Å²) in [6.45, 7) is -1.34. The Morgan fingerprint density at radius 2 is 1.75 bits per heavy atom. The average Bonchev–Trinajstić information content (AvgIpc) is 3.17. The Morgan fingerprint density at radius 3 is 2.40 bits per heavy atom. The molecule has 2 unspecified atom stereocenters. The van der Waals surface area contributed by atoms with Gasteiger partial charge in [-0.1, -0.05) is 12.1 Å². The molecule has 2 heterocycles. The number of nitro groups is 1. The molecule has 40 heavy (non-hydrogen) atoms. The average molecular weight is 632 g/mol. The van der Waals surface area contributed by atoms with Crippen LogP contribution in [0.15, 0.2) is 35.3 Å². The molecule has 1 aromatic heterocycles. The predicted octanol–water partition coefficient (Wildman–Crippen LogP) is 0.442.